The van der Waals surface area contributed by atoms with Gasteiger partial charge < -0.3 is 5.73 Å². The molecule has 2 N–H and O–H groups in total. The summed E-state index contributed by atoms with van der Waals surface area (Å²) in [6.45, 7) is 3.83. The topological polar surface area (TPSA) is 105 Å². The maximum atomic E-state index is 12.9. The molecule has 0 aliphatic rings. The Balaban J connectivity index is 1.97. The minimum Gasteiger partial charge on any atom is -0.383 e. The number of rotatable bonds is 3. The third kappa shape index (κ3) is 2.66. The lowest BCUT2D eigenvalue weighted by Crippen LogP contribution is -2.25. The largest absolute Gasteiger partial charge is 0.383 e. The van der Waals surface area contributed by atoms with Crippen molar-refractivity contribution in [3.8, 4) is 11.1 Å². The fourth-order valence-electron chi connectivity index (χ4n) is 3.33. The highest BCUT2D eigenvalue weighted by atomic mass is 16.1. The normalized spacial score (nSPS) is 12.4. The van der Waals surface area contributed by atoms with E-state index in [9.17, 15) is 4.79 Å². The van der Waals surface area contributed by atoms with Crippen molar-refractivity contribution in [1.29, 1.82) is 0 Å². The van der Waals surface area contributed by atoms with Gasteiger partial charge in [-0.05, 0) is 19.4 Å². The molecule has 0 saturated carbocycles. The number of fused-ring (bicyclic) bond motifs is 1. The van der Waals surface area contributed by atoms with Crippen LogP contribution in [0.4, 0.5) is 5.82 Å². The summed E-state index contributed by atoms with van der Waals surface area (Å²) in [4.78, 5) is 21.3. The second-order valence-corrected chi connectivity index (χ2v) is 6.43. The minimum absolute atomic E-state index is 0.159. The summed E-state index contributed by atoms with van der Waals surface area (Å²) in [6, 6.07) is 9.30. The average Bonchev–Trinajstić information content (AvgIpc) is 3.02. The first-order chi connectivity index (χ1) is 13.0. The van der Waals surface area contributed by atoms with Crippen molar-refractivity contribution in [3.05, 3.63) is 64.5 Å². The highest BCUT2D eigenvalue weighted by molar-refractivity contribution is 5.88. The van der Waals surface area contributed by atoms with E-state index in [1.165, 1.54) is 11.0 Å². The summed E-state index contributed by atoms with van der Waals surface area (Å²) >= 11 is 0. The van der Waals surface area contributed by atoms with Gasteiger partial charge in [0.1, 0.15) is 12.1 Å². The molecule has 1 unspecified atom stereocenters. The monoisotopic (exact) mass is 361 g/mol. The Morgan fingerprint density at radius 3 is 2.63 bits per heavy atom. The molecule has 3 aromatic heterocycles. The summed E-state index contributed by atoms with van der Waals surface area (Å²) in [5.74, 6) is 0.390. The van der Waals surface area contributed by atoms with Gasteiger partial charge in [0.05, 0.1) is 28.9 Å². The van der Waals surface area contributed by atoms with E-state index in [1.54, 1.807) is 17.9 Å². The number of nitrogen functional groups attached to an aromatic ring is 1. The SMILES string of the molecule is Cc1nn(C(C)c2cnn(C)c(=O)c2-c2ccccc2)c2ncnc(N)c12. The van der Waals surface area contributed by atoms with E-state index >= 15 is 0 Å². The Labute approximate surface area is 155 Å². The van der Waals surface area contributed by atoms with Gasteiger partial charge in [0.25, 0.3) is 5.56 Å². The second kappa shape index (κ2) is 6.31. The Hall–Kier alpha value is -3.55. The molecule has 0 amide bonds. The van der Waals surface area contributed by atoms with Crippen molar-refractivity contribution in [3.63, 3.8) is 0 Å². The molecule has 1 atom stereocenters. The summed E-state index contributed by atoms with van der Waals surface area (Å²) in [6.07, 6.45) is 3.13. The van der Waals surface area contributed by atoms with Gasteiger partial charge in [-0.2, -0.15) is 10.2 Å². The first-order valence-corrected chi connectivity index (χ1v) is 8.56. The van der Waals surface area contributed by atoms with Crippen LogP contribution in [-0.2, 0) is 7.05 Å². The molecule has 136 valence electrons. The van der Waals surface area contributed by atoms with Gasteiger partial charge in [0, 0.05) is 12.6 Å². The van der Waals surface area contributed by atoms with Crippen LogP contribution in [0.15, 0.2) is 47.7 Å². The molecule has 0 fully saturated rings. The Bertz CT molecular complexity index is 1190. The maximum absolute atomic E-state index is 12.9. The fraction of sp³-hybridized carbons (Fsp3) is 0.211. The van der Waals surface area contributed by atoms with E-state index in [0.717, 1.165) is 22.2 Å². The van der Waals surface area contributed by atoms with Gasteiger partial charge in [0.15, 0.2) is 5.65 Å². The van der Waals surface area contributed by atoms with E-state index in [4.69, 9.17) is 5.73 Å². The second-order valence-electron chi connectivity index (χ2n) is 6.43. The van der Waals surface area contributed by atoms with Crippen LogP contribution in [0, 0.1) is 6.92 Å². The van der Waals surface area contributed by atoms with Crippen molar-refractivity contribution < 1.29 is 0 Å². The lowest BCUT2D eigenvalue weighted by atomic mass is 9.98. The van der Waals surface area contributed by atoms with Crippen LogP contribution in [0.3, 0.4) is 0 Å². The first kappa shape index (κ1) is 16.9. The number of anilines is 1. The van der Waals surface area contributed by atoms with E-state index in [2.05, 4.69) is 20.2 Å². The van der Waals surface area contributed by atoms with E-state index in [-0.39, 0.29) is 11.6 Å². The summed E-state index contributed by atoms with van der Waals surface area (Å²) in [5, 5.41) is 9.56. The van der Waals surface area contributed by atoms with Crippen LogP contribution in [0.2, 0.25) is 0 Å². The molecule has 4 rings (SSSR count). The van der Waals surface area contributed by atoms with E-state index < -0.39 is 0 Å². The fourth-order valence-corrected chi connectivity index (χ4v) is 3.33. The van der Waals surface area contributed by atoms with E-state index in [0.29, 0.717) is 17.0 Å². The van der Waals surface area contributed by atoms with Crippen LogP contribution in [0.1, 0.15) is 24.2 Å². The highest BCUT2D eigenvalue weighted by Gasteiger charge is 2.22. The quantitative estimate of drug-likeness (QED) is 0.599. The Morgan fingerprint density at radius 1 is 1.15 bits per heavy atom. The van der Waals surface area contributed by atoms with Gasteiger partial charge >= 0.3 is 0 Å². The molecule has 0 bridgehead atoms. The van der Waals surface area contributed by atoms with Gasteiger partial charge in [-0.1, -0.05) is 30.3 Å². The average molecular weight is 361 g/mol. The predicted molar refractivity (Wildman–Crippen MR) is 103 cm³/mol. The number of aryl methyl sites for hydroxylation is 2. The number of hydrogen-bond acceptors (Lipinski definition) is 6. The van der Waals surface area contributed by atoms with Gasteiger partial charge in [0.2, 0.25) is 0 Å². The molecule has 0 aliphatic heterocycles. The third-order valence-corrected chi connectivity index (χ3v) is 4.74. The number of aromatic nitrogens is 6. The Morgan fingerprint density at radius 2 is 1.89 bits per heavy atom. The number of nitrogens with two attached hydrogens (primary N) is 1. The zero-order valence-electron chi connectivity index (χ0n) is 15.3. The summed E-state index contributed by atoms with van der Waals surface area (Å²) < 4.78 is 3.11. The van der Waals surface area contributed by atoms with Crippen molar-refractivity contribution in [2.24, 2.45) is 7.05 Å². The van der Waals surface area contributed by atoms with Crippen LogP contribution in [0.25, 0.3) is 22.2 Å². The molecule has 0 spiro atoms. The maximum Gasteiger partial charge on any atom is 0.274 e. The van der Waals surface area contributed by atoms with Gasteiger partial charge in [-0.25, -0.2) is 19.3 Å². The molecule has 8 heteroatoms. The van der Waals surface area contributed by atoms with Crippen LogP contribution in [-0.4, -0.2) is 29.5 Å². The molecule has 0 aliphatic carbocycles. The van der Waals surface area contributed by atoms with Crippen LogP contribution in [0.5, 0.6) is 0 Å². The predicted octanol–water partition coefficient (Wildman–Crippen LogP) is 2.09. The highest BCUT2D eigenvalue weighted by Crippen LogP contribution is 2.30. The number of benzene rings is 1. The molecular weight excluding hydrogens is 342 g/mol. The summed E-state index contributed by atoms with van der Waals surface area (Å²) in [5.41, 5.74) is 9.43. The van der Waals surface area contributed by atoms with Gasteiger partial charge in [-0.3, -0.25) is 4.79 Å². The first-order valence-electron chi connectivity index (χ1n) is 8.56. The van der Waals surface area contributed by atoms with Gasteiger partial charge in [-0.15, -0.1) is 0 Å². The summed E-state index contributed by atoms with van der Waals surface area (Å²) in [7, 11) is 1.64. The zero-order chi connectivity index (χ0) is 19.1. The number of nitrogens with zero attached hydrogens (tertiary/aromatic N) is 6. The van der Waals surface area contributed by atoms with Crippen LogP contribution >= 0.6 is 0 Å². The molecule has 8 nitrogen and oxygen atoms in total. The molecule has 3 heterocycles. The van der Waals surface area contributed by atoms with Crippen molar-refractivity contribution in [1.82, 2.24) is 29.5 Å². The van der Waals surface area contributed by atoms with E-state index in [1.807, 2.05) is 44.2 Å². The molecule has 0 radical (unpaired) electrons. The van der Waals surface area contributed by atoms with Crippen molar-refractivity contribution in [2.75, 3.05) is 5.73 Å². The van der Waals surface area contributed by atoms with Crippen molar-refractivity contribution >= 4 is 16.9 Å². The van der Waals surface area contributed by atoms with Crippen LogP contribution < -0.4 is 11.3 Å². The Kier molecular flexibility index (Phi) is 3.95. The lowest BCUT2D eigenvalue weighted by Gasteiger charge is -2.17. The molecule has 4 aromatic rings. The molecule has 27 heavy (non-hydrogen) atoms. The third-order valence-electron chi connectivity index (χ3n) is 4.74. The standard InChI is InChI=1S/C19H19N7O/c1-11-15-17(20)21-10-22-18(15)26(24-11)12(2)14-9-23-25(3)19(27)16(14)13-7-5-4-6-8-13/h4-10,12H,1-3H3,(H2,20,21,22). The lowest BCUT2D eigenvalue weighted by molar-refractivity contribution is 0.565. The molecule has 0 saturated heterocycles. The number of hydrogen-bond donors (Lipinski definition) is 1. The molecular formula is C19H19N7O. The smallest absolute Gasteiger partial charge is 0.274 e. The minimum atomic E-state index is -0.271. The van der Waals surface area contributed by atoms with Crippen molar-refractivity contribution in [2.45, 2.75) is 19.9 Å². The zero-order valence-corrected chi connectivity index (χ0v) is 15.3. The molecule has 1 aromatic carbocycles.